The molecule has 0 saturated carbocycles. The fourth-order valence-corrected chi connectivity index (χ4v) is 5.15. The highest BCUT2D eigenvalue weighted by Gasteiger charge is 2.42. The van der Waals surface area contributed by atoms with Gasteiger partial charge in [0, 0.05) is 18.0 Å². The summed E-state index contributed by atoms with van der Waals surface area (Å²) in [6, 6.07) is 6.14. The van der Waals surface area contributed by atoms with Crippen molar-refractivity contribution in [3.05, 3.63) is 48.0 Å². The second-order valence-electron chi connectivity index (χ2n) is 10.5. The molecule has 178 valence electrons. The van der Waals surface area contributed by atoms with Crippen molar-refractivity contribution >= 4 is 11.9 Å². The number of nitrogens with zero attached hydrogens (tertiary/aromatic N) is 3. The first kappa shape index (κ1) is 24.8. The van der Waals surface area contributed by atoms with E-state index in [1.165, 1.54) is 20.2 Å². The van der Waals surface area contributed by atoms with Gasteiger partial charge < -0.3 is 5.73 Å². The summed E-state index contributed by atoms with van der Waals surface area (Å²) in [7, 11) is 0. The van der Waals surface area contributed by atoms with Crippen molar-refractivity contribution in [3.8, 4) is 11.1 Å². The molecule has 3 N–H and O–H groups in total. The fourth-order valence-electron chi connectivity index (χ4n) is 5.15. The second-order valence-corrected chi connectivity index (χ2v) is 10.5. The summed E-state index contributed by atoms with van der Waals surface area (Å²) in [5.74, 6) is -0.0804. The molecule has 7 heteroatoms. The van der Waals surface area contributed by atoms with Gasteiger partial charge in [-0.2, -0.15) is 0 Å². The summed E-state index contributed by atoms with van der Waals surface area (Å²) >= 11 is 0. The zero-order valence-corrected chi connectivity index (χ0v) is 20.3. The molecular weight excluding hydrogens is 417 g/mol. The number of aromatic nitrogens is 2. The molecular formula is C26H36FN5O. The monoisotopic (exact) mass is 453 g/mol. The van der Waals surface area contributed by atoms with Crippen LogP contribution in [0.2, 0.25) is 0 Å². The third kappa shape index (κ3) is 6.15. The Hall–Kier alpha value is -2.83. The minimum atomic E-state index is -1.66. The van der Waals surface area contributed by atoms with E-state index in [2.05, 4.69) is 36.8 Å². The second kappa shape index (κ2) is 9.98. The lowest BCUT2D eigenvalue weighted by Gasteiger charge is -2.31. The van der Waals surface area contributed by atoms with Gasteiger partial charge in [0.1, 0.15) is 12.0 Å². The Balaban J connectivity index is 2.01. The summed E-state index contributed by atoms with van der Waals surface area (Å²) < 4.78 is 14.5. The molecule has 3 rings (SSSR count). The van der Waals surface area contributed by atoms with E-state index in [4.69, 9.17) is 11.1 Å². The van der Waals surface area contributed by atoms with Gasteiger partial charge in [-0.05, 0) is 73.6 Å². The van der Waals surface area contributed by atoms with Crippen LogP contribution in [0, 0.1) is 23.2 Å². The van der Waals surface area contributed by atoms with E-state index in [1.807, 2.05) is 12.1 Å². The van der Waals surface area contributed by atoms with Gasteiger partial charge in [0.15, 0.2) is 5.96 Å². The van der Waals surface area contributed by atoms with Gasteiger partial charge in [0.25, 0.3) is 0 Å². The average Bonchev–Trinajstić information content (AvgIpc) is 3.07. The number of amides is 1. The van der Waals surface area contributed by atoms with Crippen molar-refractivity contribution in [2.75, 3.05) is 6.54 Å². The summed E-state index contributed by atoms with van der Waals surface area (Å²) in [5, 5.41) is 7.99. The predicted molar refractivity (Wildman–Crippen MR) is 129 cm³/mol. The molecule has 1 amide bonds. The van der Waals surface area contributed by atoms with Crippen LogP contribution in [0.5, 0.6) is 0 Å². The largest absolute Gasteiger partial charge is 0.370 e. The first-order valence-corrected chi connectivity index (χ1v) is 11.7. The standard InChI is InChI=1S/C26H36FN5O/c1-16(2)8-17(3)9-20-10-19-7-6-18(21-12-30-15-31-13-21)11-22(19)23(20)24(33)32(25(28)29)14-26(4,5)27/h6-7,11-13,15-17,20,23H,8-10,14H2,1-5H3,(H3,28,29). The van der Waals surface area contributed by atoms with Crippen LogP contribution in [0.1, 0.15) is 64.5 Å². The van der Waals surface area contributed by atoms with Crippen molar-refractivity contribution in [1.29, 1.82) is 5.41 Å². The number of carbonyl (C=O) groups excluding carboxylic acids is 1. The van der Waals surface area contributed by atoms with Crippen molar-refractivity contribution in [1.82, 2.24) is 14.9 Å². The van der Waals surface area contributed by atoms with Gasteiger partial charge in [-0.3, -0.25) is 15.1 Å². The number of hydrogen-bond donors (Lipinski definition) is 2. The Labute approximate surface area is 196 Å². The summed E-state index contributed by atoms with van der Waals surface area (Å²) in [5.41, 5.74) is 7.98. The number of fused-ring (bicyclic) bond motifs is 1. The van der Waals surface area contributed by atoms with Crippen LogP contribution in [-0.2, 0) is 11.2 Å². The Bertz CT molecular complexity index is 986. The quantitative estimate of drug-likeness (QED) is 0.437. The summed E-state index contributed by atoms with van der Waals surface area (Å²) in [6.07, 6.45) is 7.72. The zero-order chi connectivity index (χ0) is 24.3. The SMILES string of the molecule is CC(C)CC(C)CC1Cc2ccc(-c3cncnc3)cc2C1C(=O)N(CC(C)(C)F)C(=N)N. The topological polar surface area (TPSA) is 96.0 Å². The van der Waals surface area contributed by atoms with E-state index in [0.717, 1.165) is 46.4 Å². The molecule has 1 aromatic carbocycles. The molecule has 1 heterocycles. The van der Waals surface area contributed by atoms with Gasteiger partial charge in [-0.1, -0.05) is 32.9 Å². The molecule has 33 heavy (non-hydrogen) atoms. The molecule has 3 atom stereocenters. The van der Waals surface area contributed by atoms with E-state index in [0.29, 0.717) is 11.8 Å². The minimum Gasteiger partial charge on any atom is -0.370 e. The third-order valence-corrected chi connectivity index (χ3v) is 6.26. The smallest absolute Gasteiger partial charge is 0.237 e. The molecule has 1 aromatic heterocycles. The molecule has 0 saturated heterocycles. The van der Waals surface area contributed by atoms with Crippen molar-refractivity contribution in [2.45, 2.75) is 65.5 Å². The van der Waals surface area contributed by atoms with Gasteiger partial charge in [0.2, 0.25) is 5.91 Å². The van der Waals surface area contributed by atoms with E-state index in [-0.39, 0.29) is 18.4 Å². The maximum atomic E-state index is 14.5. The van der Waals surface area contributed by atoms with Gasteiger partial charge >= 0.3 is 0 Å². The van der Waals surface area contributed by atoms with Crippen LogP contribution in [-0.4, -0.2) is 38.9 Å². The molecule has 3 unspecified atom stereocenters. The maximum absolute atomic E-state index is 14.5. The number of nitrogens with two attached hydrogens (primary N) is 1. The van der Waals surface area contributed by atoms with Gasteiger partial charge in [-0.15, -0.1) is 0 Å². The van der Waals surface area contributed by atoms with Crippen molar-refractivity contribution in [3.63, 3.8) is 0 Å². The number of benzene rings is 1. The van der Waals surface area contributed by atoms with Crippen LogP contribution < -0.4 is 5.73 Å². The number of hydrogen-bond acceptors (Lipinski definition) is 4. The Kier molecular flexibility index (Phi) is 7.50. The van der Waals surface area contributed by atoms with Crippen LogP contribution in [0.3, 0.4) is 0 Å². The number of halogens is 1. The van der Waals surface area contributed by atoms with Crippen molar-refractivity contribution in [2.24, 2.45) is 23.5 Å². The number of rotatable bonds is 8. The summed E-state index contributed by atoms with van der Waals surface area (Å²) in [4.78, 5) is 23.1. The highest BCUT2D eigenvalue weighted by atomic mass is 19.1. The van der Waals surface area contributed by atoms with Crippen LogP contribution in [0.25, 0.3) is 11.1 Å². The van der Waals surface area contributed by atoms with Gasteiger partial charge in [0.05, 0.1) is 12.5 Å². The highest BCUT2D eigenvalue weighted by molar-refractivity contribution is 5.99. The number of nitrogens with one attached hydrogen (secondary N) is 1. The highest BCUT2D eigenvalue weighted by Crippen LogP contribution is 2.44. The Morgan fingerprint density at radius 3 is 2.48 bits per heavy atom. The van der Waals surface area contributed by atoms with E-state index in [9.17, 15) is 9.18 Å². The molecule has 0 radical (unpaired) electrons. The van der Waals surface area contributed by atoms with Gasteiger partial charge in [-0.25, -0.2) is 14.4 Å². The molecule has 0 fully saturated rings. The third-order valence-electron chi connectivity index (χ3n) is 6.26. The zero-order valence-electron chi connectivity index (χ0n) is 20.3. The van der Waals surface area contributed by atoms with E-state index < -0.39 is 17.5 Å². The molecule has 0 aliphatic heterocycles. The van der Waals surface area contributed by atoms with Crippen LogP contribution in [0.4, 0.5) is 4.39 Å². The lowest BCUT2D eigenvalue weighted by atomic mass is 9.82. The lowest BCUT2D eigenvalue weighted by molar-refractivity contribution is -0.131. The van der Waals surface area contributed by atoms with Crippen LogP contribution in [0.15, 0.2) is 36.9 Å². The first-order chi connectivity index (χ1) is 15.5. The number of guanidine groups is 1. The van der Waals surface area contributed by atoms with E-state index in [1.54, 1.807) is 12.4 Å². The van der Waals surface area contributed by atoms with E-state index >= 15 is 0 Å². The Morgan fingerprint density at radius 2 is 1.91 bits per heavy atom. The van der Waals surface area contributed by atoms with Crippen LogP contribution >= 0.6 is 0 Å². The number of alkyl halides is 1. The average molecular weight is 454 g/mol. The molecule has 0 spiro atoms. The first-order valence-electron chi connectivity index (χ1n) is 11.7. The molecule has 1 aliphatic rings. The predicted octanol–water partition coefficient (Wildman–Crippen LogP) is 4.94. The maximum Gasteiger partial charge on any atom is 0.237 e. The molecule has 6 nitrogen and oxygen atoms in total. The lowest BCUT2D eigenvalue weighted by Crippen LogP contribution is -2.49. The molecule has 1 aliphatic carbocycles. The Morgan fingerprint density at radius 1 is 1.24 bits per heavy atom. The van der Waals surface area contributed by atoms with Crippen molar-refractivity contribution < 1.29 is 9.18 Å². The fraction of sp³-hybridized carbons (Fsp3) is 0.538. The molecule has 0 bridgehead atoms. The number of carbonyl (C=O) groups is 1. The molecule has 2 aromatic rings. The normalized spacial score (nSPS) is 18.8. The minimum absolute atomic E-state index is 0.0769. The summed E-state index contributed by atoms with van der Waals surface area (Å²) in [6.45, 7) is 9.19.